The summed E-state index contributed by atoms with van der Waals surface area (Å²) in [6, 6.07) is 0. The molecule has 61 heavy (non-hydrogen) atoms. The third-order valence-corrected chi connectivity index (χ3v) is 11.5. The number of hydrogen-bond donors (Lipinski definition) is 1. The Balaban J connectivity index is 4.26. The van der Waals surface area contributed by atoms with Crippen molar-refractivity contribution >= 4 is 17.9 Å². The first-order valence-electron chi connectivity index (χ1n) is 25.9. The Labute approximate surface area is 376 Å². The van der Waals surface area contributed by atoms with Gasteiger partial charge in [-0.15, -0.1) is 0 Å². The van der Waals surface area contributed by atoms with E-state index < -0.39 is 24.3 Å². The predicted molar refractivity (Wildman–Crippen MR) is 254 cm³/mol. The van der Waals surface area contributed by atoms with Crippen LogP contribution in [-0.4, -0.2) is 87.4 Å². The smallest absolute Gasteiger partial charge is 0.361 e. The number of carboxylic acids is 1. The van der Waals surface area contributed by atoms with Crippen LogP contribution in [0.15, 0.2) is 12.2 Å². The van der Waals surface area contributed by atoms with E-state index in [4.69, 9.17) is 18.9 Å². The van der Waals surface area contributed by atoms with Crippen LogP contribution in [-0.2, 0) is 33.3 Å². The summed E-state index contributed by atoms with van der Waals surface area (Å²) in [6.07, 6.45) is 45.6. The molecule has 0 aliphatic heterocycles. The average Bonchev–Trinajstić information content (AvgIpc) is 3.22. The summed E-state index contributed by atoms with van der Waals surface area (Å²) in [5.74, 6) is -1.99. The minimum Gasteiger partial charge on any atom is -0.477 e. The van der Waals surface area contributed by atoms with E-state index in [1.54, 1.807) is 0 Å². The summed E-state index contributed by atoms with van der Waals surface area (Å²) in [5.41, 5.74) is 0. The van der Waals surface area contributed by atoms with E-state index in [-0.39, 0.29) is 32.2 Å². The molecule has 0 saturated heterocycles. The van der Waals surface area contributed by atoms with Gasteiger partial charge in [0.2, 0.25) is 0 Å². The first-order chi connectivity index (χ1) is 29.6. The predicted octanol–water partition coefficient (Wildman–Crippen LogP) is 14.2. The molecule has 0 heterocycles. The lowest BCUT2D eigenvalue weighted by Crippen LogP contribution is -2.40. The molecule has 0 rings (SSSR count). The second-order valence-corrected chi connectivity index (χ2v) is 18.8. The van der Waals surface area contributed by atoms with Crippen molar-refractivity contribution in [1.29, 1.82) is 0 Å². The minimum absolute atomic E-state index is 0.176. The number of esters is 2. The minimum atomic E-state index is -1.50. The number of carbonyl (C=O) groups excluding carboxylic acids is 2. The van der Waals surface area contributed by atoms with Crippen molar-refractivity contribution in [1.82, 2.24) is 0 Å². The number of rotatable bonds is 48. The summed E-state index contributed by atoms with van der Waals surface area (Å²) < 4.78 is 22.8. The molecular formula is C52H100NO8+. The van der Waals surface area contributed by atoms with E-state index in [9.17, 15) is 19.5 Å². The number of aliphatic carboxylic acids is 1. The number of carboxylic acid groups (broad SMARTS) is 1. The van der Waals surface area contributed by atoms with Crippen LogP contribution in [0.2, 0.25) is 0 Å². The van der Waals surface area contributed by atoms with Crippen molar-refractivity contribution in [2.45, 2.75) is 257 Å². The maximum Gasteiger partial charge on any atom is 0.361 e. The first-order valence-corrected chi connectivity index (χ1v) is 25.9. The Kier molecular flexibility index (Phi) is 43.2. The van der Waals surface area contributed by atoms with Crippen molar-refractivity contribution in [3.05, 3.63) is 12.2 Å². The highest BCUT2D eigenvalue weighted by Gasteiger charge is 2.25. The summed E-state index contributed by atoms with van der Waals surface area (Å²) in [5, 5.41) is 9.66. The molecule has 0 aromatic rings. The molecule has 0 saturated carbocycles. The SMILES string of the molecule is CCCCCCCCCC/C=C\CCCCCCCCCCCCCC(=O)OC(COC(=O)CCCCCCCCCCCCCCC)COC(OCC[N+](C)(C)C)C(=O)O. The molecule has 360 valence electrons. The second-order valence-electron chi connectivity index (χ2n) is 18.8. The van der Waals surface area contributed by atoms with E-state index in [2.05, 4.69) is 26.0 Å². The topological polar surface area (TPSA) is 108 Å². The summed E-state index contributed by atoms with van der Waals surface area (Å²) >= 11 is 0. The van der Waals surface area contributed by atoms with Crippen LogP contribution in [0.4, 0.5) is 0 Å². The molecule has 0 aliphatic rings. The number of likely N-dealkylation sites (N-methyl/N-ethyl adjacent to an activating group) is 1. The van der Waals surface area contributed by atoms with Gasteiger partial charge in [-0.3, -0.25) is 9.59 Å². The molecule has 0 aliphatic carbocycles. The van der Waals surface area contributed by atoms with E-state index >= 15 is 0 Å². The zero-order chi connectivity index (χ0) is 44.9. The maximum absolute atomic E-state index is 12.8. The largest absolute Gasteiger partial charge is 0.477 e. The fraction of sp³-hybridized carbons (Fsp3) is 0.904. The highest BCUT2D eigenvalue weighted by molar-refractivity contribution is 5.71. The molecule has 0 radical (unpaired) electrons. The monoisotopic (exact) mass is 867 g/mol. The first kappa shape index (κ1) is 59.0. The van der Waals surface area contributed by atoms with Gasteiger partial charge in [0.15, 0.2) is 6.10 Å². The van der Waals surface area contributed by atoms with Gasteiger partial charge < -0.3 is 28.5 Å². The molecule has 0 aromatic heterocycles. The van der Waals surface area contributed by atoms with Crippen molar-refractivity contribution in [2.75, 3.05) is 47.5 Å². The van der Waals surface area contributed by atoms with E-state index in [1.165, 1.54) is 180 Å². The molecular weight excluding hydrogens is 767 g/mol. The van der Waals surface area contributed by atoms with Crippen molar-refractivity contribution in [3.63, 3.8) is 0 Å². The van der Waals surface area contributed by atoms with Crippen LogP contribution in [0.5, 0.6) is 0 Å². The number of nitrogens with zero attached hydrogens (tertiary/aromatic N) is 1. The summed E-state index contributed by atoms with van der Waals surface area (Å²) in [6.45, 7) is 4.90. The van der Waals surface area contributed by atoms with Crippen LogP contribution in [0.1, 0.15) is 245 Å². The highest BCUT2D eigenvalue weighted by Crippen LogP contribution is 2.16. The Morgan fingerprint density at radius 1 is 0.475 bits per heavy atom. The molecule has 0 spiro atoms. The van der Waals surface area contributed by atoms with Gasteiger partial charge in [-0.1, -0.05) is 206 Å². The van der Waals surface area contributed by atoms with Gasteiger partial charge in [-0.05, 0) is 38.5 Å². The van der Waals surface area contributed by atoms with Crippen LogP contribution in [0, 0.1) is 0 Å². The van der Waals surface area contributed by atoms with Gasteiger partial charge in [0, 0.05) is 12.8 Å². The van der Waals surface area contributed by atoms with E-state index in [0.29, 0.717) is 17.4 Å². The number of quaternary nitrogens is 1. The number of ether oxygens (including phenoxy) is 4. The van der Waals surface area contributed by atoms with Crippen molar-refractivity contribution in [3.8, 4) is 0 Å². The van der Waals surface area contributed by atoms with Crippen molar-refractivity contribution in [2.24, 2.45) is 0 Å². The molecule has 2 unspecified atom stereocenters. The third kappa shape index (κ3) is 45.9. The highest BCUT2D eigenvalue weighted by atomic mass is 16.7. The van der Waals surface area contributed by atoms with Gasteiger partial charge in [0.05, 0.1) is 34.4 Å². The summed E-state index contributed by atoms with van der Waals surface area (Å²) in [7, 11) is 5.97. The molecule has 0 bridgehead atoms. The Morgan fingerprint density at radius 2 is 0.836 bits per heavy atom. The van der Waals surface area contributed by atoms with Crippen LogP contribution < -0.4 is 0 Å². The Bertz CT molecular complexity index is 1010. The molecule has 9 heteroatoms. The zero-order valence-corrected chi connectivity index (χ0v) is 40.8. The quantitative estimate of drug-likeness (QED) is 0.0212. The molecule has 2 atom stereocenters. The lowest BCUT2D eigenvalue weighted by molar-refractivity contribution is -0.870. The Morgan fingerprint density at radius 3 is 1.21 bits per heavy atom. The lowest BCUT2D eigenvalue weighted by atomic mass is 10.0. The second kappa shape index (κ2) is 44.6. The summed E-state index contributed by atoms with van der Waals surface area (Å²) in [4.78, 5) is 37.2. The van der Waals surface area contributed by atoms with Gasteiger partial charge in [-0.25, -0.2) is 4.79 Å². The molecule has 0 fully saturated rings. The Hall–Kier alpha value is -1.97. The van der Waals surface area contributed by atoms with E-state index in [0.717, 1.165) is 38.5 Å². The van der Waals surface area contributed by atoms with Crippen LogP contribution >= 0.6 is 0 Å². The normalized spacial score (nSPS) is 12.9. The molecule has 0 amide bonds. The number of hydrogen-bond acceptors (Lipinski definition) is 7. The fourth-order valence-corrected chi connectivity index (χ4v) is 7.48. The van der Waals surface area contributed by atoms with Crippen LogP contribution in [0.25, 0.3) is 0 Å². The molecule has 1 N–H and O–H groups in total. The molecule has 9 nitrogen and oxygen atoms in total. The van der Waals surface area contributed by atoms with Gasteiger partial charge >= 0.3 is 17.9 Å². The van der Waals surface area contributed by atoms with Gasteiger partial charge in [-0.2, -0.15) is 0 Å². The molecule has 0 aromatic carbocycles. The van der Waals surface area contributed by atoms with Crippen molar-refractivity contribution < 1.29 is 42.9 Å². The standard InChI is InChI=1S/C52H99NO8/c1-6-8-10-12-14-16-18-20-21-22-23-24-25-26-27-28-29-31-33-35-37-39-41-43-50(55)61-48(47-60-52(51(56)57)58-45-44-53(3,4)5)46-59-49(54)42-40-38-36-34-32-30-19-17-15-13-11-9-7-2/h22-23,48,52H,6-21,24-47H2,1-5H3/p+1/b23-22-. The number of allylic oxidation sites excluding steroid dienone is 2. The number of unbranched alkanes of at least 4 members (excludes halogenated alkanes) is 31. The lowest BCUT2D eigenvalue weighted by Gasteiger charge is -2.25. The van der Waals surface area contributed by atoms with Gasteiger partial charge in [0.1, 0.15) is 13.2 Å². The van der Waals surface area contributed by atoms with Gasteiger partial charge in [0.25, 0.3) is 6.29 Å². The maximum atomic E-state index is 12.8. The third-order valence-electron chi connectivity index (χ3n) is 11.5. The fourth-order valence-electron chi connectivity index (χ4n) is 7.48. The van der Waals surface area contributed by atoms with E-state index in [1.807, 2.05) is 21.1 Å². The van der Waals surface area contributed by atoms with Crippen LogP contribution in [0.3, 0.4) is 0 Å². The number of carbonyl (C=O) groups is 3. The average molecular weight is 867 g/mol. The zero-order valence-electron chi connectivity index (χ0n) is 40.8.